The molecule has 2 atom stereocenters. The molecule has 162 valence electrons. The van der Waals surface area contributed by atoms with E-state index in [2.05, 4.69) is 13.0 Å². The van der Waals surface area contributed by atoms with Crippen molar-refractivity contribution in [1.82, 2.24) is 9.80 Å². The number of carbonyl (C=O) groups excluding carboxylic acids is 2. The zero-order valence-electron chi connectivity index (χ0n) is 17.0. The highest BCUT2D eigenvalue weighted by atomic mass is 35.5. The van der Waals surface area contributed by atoms with Gasteiger partial charge in [0.15, 0.2) is 0 Å². The van der Waals surface area contributed by atoms with E-state index in [0.29, 0.717) is 23.1 Å². The molecule has 2 heterocycles. The molecule has 2 amide bonds. The number of unbranched alkanes of at least 4 members (excludes halogenated alkanes) is 1. The zero-order valence-corrected chi connectivity index (χ0v) is 20.1. The summed E-state index contributed by atoms with van der Waals surface area (Å²) in [7, 11) is 0. The quantitative estimate of drug-likeness (QED) is 0.464. The molecule has 0 radical (unpaired) electrons. The van der Waals surface area contributed by atoms with Crippen molar-refractivity contribution >= 4 is 58.0 Å². The van der Waals surface area contributed by atoms with Gasteiger partial charge in [0.2, 0.25) is 11.8 Å². The van der Waals surface area contributed by atoms with E-state index in [9.17, 15) is 9.59 Å². The minimum atomic E-state index is -0.666. The van der Waals surface area contributed by atoms with E-state index < -0.39 is 5.38 Å². The number of nitrogens with zero attached hydrogens (tertiary/aromatic N) is 2. The molecular weight excluding hydrogens is 463 g/mol. The molecule has 1 aromatic heterocycles. The molecule has 0 saturated heterocycles. The van der Waals surface area contributed by atoms with Crippen LogP contribution in [0.15, 0.2) is 29.6 Å². The number of amides is 2. The Labute approximate surface area is 196 Å². The van der Waals surface area contributed by atoms with Crippen molar-refractivity contribution in [2.24, 2.45) is 0 Å². The maximum atomic E-state index is 13.4. The minimum Gasteiger partial charge on any atom is -0.332 e. The fraction of sp³-hybridized carbons (Fsp3) is 0.455. The molecule has 0 bridgehead atoms. The first-order chi connectivity index (χ1) is 14.3. The lowest BCUT2D eigenvalue weighted by atomic mass is 9.93. The van der Waals surface area contributed by atoms with E-state index in [1.54, 1.807) is 35.3 Å². The van der Waals surface area contributed by atoms with Crippen LogP contribution in [0, 0.1) is 0 Å². The average molecular weight is 488 g/mol. The standard InChI is InChI=1S/C22H25Cl3N2O2S/c1-3-4-9-26(22(29)14(2)23)13-20(28)27-10-7-19-17(8-11-30-19)21(27)16-6-5-15(24)12-18(16)25/h5-6,8,11-12,14,21H,3-4,7,9-10,13H2,1-2H3. The number of thiophene rings is 1. The second kappa shape index (κ2) is 10.4. The molecular formula is C22H25Cl3N2O2S. The molecule has 3 rings (SSSR count). The van der Waals surface area contributed by atoms with Gasteiger partial charge >= 0.3 is 0 Å². The molecule has 0 saturated carbocycles. The number of halogens is 3. The van der Waals surface area contributed by atoms with Gasteiger partial charge in [-0.3, -0.25) is 9.59 Å². The normalized spacial score (nSPS) is 16.8. The van der Waals surface area contributed by atoms with Crippen molar-refractivity contribution in [2.45, 2.75) is 44.5 Å². The molecule has 4 nitrogen and oxygen atoms in total. The van der Waals surface area contributed by atoms with Crippen molar-refractivity contribution in [2.75, 3.05) is 19.6 Å². The summed E-state index contributed by atoms with van der Waals surface area (Å²) in [6.07, 6.45) is 2.54. The first-order valence-corrected chi connectivity index (χ1v) is 12.1. The maximum Gasteiger partial charge on any atom is 0.242 e. The maximum absolute atomic E-state index is 13.4. The number of carbonyl (C=O) groups is 2. The summed E-state index contributed by atoms with van der Waals surface area (Å²) < 4.78 is 0. The summed E-state index contributed by atoms with van der Waals surface area (Å²) in [6, 6.07) is 7.12. The second-order valence-corrected chi connectivity index (χ2v) is 9.93. The Morgan fingerprint density at radius 1 is 1.27 bits per heavy atom. The molecule has 0 spiro atoms. The van der Waals surface area contributed by atoms with E-state index in [0.717, 1.165) is 30.4 Å². The van der Waals surface area contributed by atoms with Crippen LogP contribution in [0.5, 0.6) is 0 Å². The predicted molar refractivity (Wildman–Crippen MR) is 125 cm³/mol. The van der Waals surface area contributed by atoms with Gasteiger partial charge in [-0.15, -0.1) is 22.9 Å². The summed E-state index contributed by atoms with van der Waals surface area (Å²) in [6.45, 7) is 4.79. The molecule has 8 heteroatoms. The number of hydrogen-bond donors (Lipinski definition) is 0. The zero-order chi connectivity index (χ0) is 21.8. The summed E-state index contributed by atoms with van der Waals surface area (Å²) in [5.74, 6) is -0.322. The molecule has 1 aliphatic rings. The van der Waals surface area contributed by atoms with Crippen molar-refractivity contribution in [3.05, 3.63) is 55.7 Å². The van der Waals surface area contributed by atoms with E-state index in [-0.39, 0.29) is 24.4 Å². The van der Waals surface area contributed by atoms with Crippen molar-refractivity contribution < 1.29 is 9.59 Å². The Bertz CT molecular complexity index is 916. The van der Waals surface area contributed by atoms with Crippen LogP contribution in [0.4, 0.5) is 0 Å². The smallest absolute Gasteiger partial charge is 0.242 e. The van der Waals surface area contributed by atoms with Gasteiger partial charge in [0.1, 0.15) is 5.38 Å². The number of hydrogen-bond acceptors (Lipinski definition) is 3. The molecule has 0 aliphatic carbocycles. The lowest BCUT2D eigenvalue weighted by Crippen LogP contribution is -2.48. The third-order valence-corrected chi connectivity index (χ3v) is 7.05. The SMILES string of the molecule is CCCCN(CC(=O)N1CCc2sccc2C1c1ccc(Cl)cc1Cl)C(=O)C(C)Cl. The van der Waals surface area contributed by atoms with Crippen LogP contribution < -0.4 is 0 Å². The Balaban J connectivity index is 1.92. The lowest BCUT2D eigenvalue weighted by Gasteiger charge is -2.38. The van der Waals surface area contributed by atoms with E-state index >= 15 is 0 Å². The van der Waals surface area contributed by atoms with Crippen LogP contribution in [0.25, 0.3) is 0 Å². The molecule has 1 aliphatic heterocycles. The number of fused-ring (bicyclic) bond motifs is 1. The van der Waals surface area contributed by atoms with Crippen LogP contribution in [0.2, 0.25) is 10.0 Å². The first kappa shape index (κ1) is 23.4. The third-order valence-electron chi connectivity index (χ3n) is 5.30. The fourth-order valence-corrected chi connectivity index (χ4v) is 5.32. The summed E-state index contributed by atoms with van der Waals surface area (Å²) in [5.41, 5.74) is 1.92. The topological polar surface area (TPSA) is 40.6 Å². The monoisotopic (exact) mass is 486 g/mol. The molecule has 0 fully saturated rings. The highest BCUT2D eigenvalue weighted by molar-refractivity contribution is 7.10. The van der Waals surface area contributed by atoms with Gasteiger partial charge in [-0.2, -0.15) is 0 Å². The van der Waals surface area contributed by atoms with E-state index in [4.69, 9.17) is 34.8 Å². The molecule has 1 aromatic carbocycles. The molecule has 2 unspecified atom stereocenters. The van der Waals surface area contributed by atoms with Gasteiger partial charge in [0.25, 0.3) is 0 Å². The van der Waals surface area contributed by atoms with Crippen LogP contribution in [0.1, 0.15) is 48.7 Å². The lowest BCUT2D eigenvalue weighted by molar-refractivity contribution is -0.141. The Hall–Kier alpha value is -1.27. The summed E-state index contributed by atoms with van der Waals surface area (Å²) in [5, 5.41) is 2.45. The van der Waals surface area contributed by atoms with Crippen molar-refractivity contribution in [3.63, 3.8) is 0 Å². The van der Waals surface area contributed by atoms with E-state index in [1.807, 2.05) is 16.3 Å². The first-order valence-electron chi connectivity index (χ1n) is 10.1. The van der Waals surface area contributed by atoms with Gasteiger partial charge in [-0.25, -0.2) is 0 Å². The minimum absolute atomic E-state index is 0.0110. The molecule has 30 heavy (non-hydrogen) atoms. The van der Waals surface area contributed by atoms with Crippen molar-refractivity contribution in [1.29, 1.82) is 0 Å². The number of benzene rings is 1. The number of rotatable bonds is 7. The van der Waals surface area contributed by atoms with Crippen molar-refractivity contribution in [3.8, 4) is 0 Å². The van der Waals surface area contributed by atoms with Gasteiger partial charge in [0, 0.05) is 28.0 Å². The van der Waals surface area contributed by atoms with Gasteiger partial charge < -0.3 is 9.80 Å². The van der Waals surface area contributed by atoms with Crippen LogP contribution in [-0.4, -0.2) is 46.6 Å². The van der Waals surface area contributed by atoms with Crippen LogP contribution in [-0.2, 0) is 16.0 Å². The van der Waals surface area contributed by atoms with Gasteiger partial charge in [-0.05, 0) is 54.5 Å². The Morgan fingerprint density at radius 2 is 2.03 bits per heavy atom. The largest absolute Gasteiger partial charge is 0.332 e. The van der Waals surface area contributed by atoms with Crippen LogP contribution in [0.3, 0.4) is 0 Å². The second-order valence-electron chi connectivity index (χ2n) is 7.43. The highest BCUT2D eigenvalue weighted by Crippen LogP contribution is 2.41. The summed E-state index contributed by atoms with van der Waals surface area (Å²) >= 11 is 20.4. The molecule has 0 N–H and O–H groups in total. The van der Waals surface area contributed by atoms with Gasteiger partial charge in [0.05, 0.1) is 12.6 Å². The third kappa shape index (κ3) is 5.13. The molecule has 2 aromatic rings. The Kier molecular flexibility index (Phi) is 8.08. The fourth-order valence-electron chi connectivity index (χ4n) is 3.77. The predicted octanol–water partition coefficient (Wildman–Crippen LogP) is 5.79. The highest BCUT2D eigenvalue weighted by Gasteiger charge is 2.35. The average Bonchev–Trinajstić information content (AvgIpc) is 3.19. The summed E-state index contributed by atoms with van der Waals surface area (Å²) in [4.78, 5) is 30.6. The Morgan fingerprint density at radius 3 is 2.70 bits per heavy atom. The van der Waals surface area contributed by atoms with Crippen LogP contribution >= 0.6 is 46.1 Å². The van der Waals surface area contributed by atoms with Gasteiger partial charge in [-0.1, -0.05) is 42.6 Å². The number of alkyl halides is 1. The van der Waals surface area contributed by atoms with E-state index in [1.165, 1.54) is 4.88 Å².